The van der Waals surface area contributed by atoms with Gasteiger partial charge in [-0.15, -0.1) is 0 Å². The average Bonchev–Trinajstić information content (AvgIpc) is 2.66. The zero-order chi connectivity index (χ0) is 20.4. The van der Waals surface area contributed by atoms with Crippen LogP contribution in [0.15, 0.2) is 35.1 Å². The number of carbonyl (C=O) groups is 1. The summed E-state index contributed by atoms with van der Waals surface area (Å²) in [6, 6.07) is 7.81. The molecule has 0 radical (unpaired) electrons. The number of aromatic amines is 1. The Morgan fingerprint density at radius 3 is 2.61 bits per heavy atom. The Hall–Kier alpha value is -3.60. The Kier molecular flexibility index (Phi) is 5.18. The van der Waals surface area contributed by atoms with E-state index in [9.17, 15) is 22.8 Å². The molecule has 2 aromatic carbocycles. The number of aromatic nitrogens is 1. The molecule has 0 bridgehead atoms. The number of H-pyrrole nitrogens is 1. The van der Waals surface area contributed by atoms with Crippen molar-refractivity contribution in [2.75, 3.05) is 0 Å². The highest BCUT2D eigenvalue weighted by molar-refractivity contribution is 5.86. The first kappa shape index (κ1) is 19.2. The monoisotopic (exact) mass is 385 g/mol. The number of amides is 1. The normalized spacial score (nSPS) is 10.7. The van der Waals surface area contributed by atoms with Crippen molar-refractivity contribution >= 4 is 16.8 Å². The minimum atomic E-state index is -1.10. The average molecular weight is 385 g/mol. The van der Waals surface area contributed by atoms with Crippen molar-refractivity contribution in [2.24, 2.45) is 0 Å². The first-order valence-corrected chi connectivity index (χ1v) is 8.26. The van der Waals surface area contributed by atoms with Gasteiger partial charge in [-0.25, -0.2) is 13.2 Å². The third kappa shape index (κ3) is 3.60. The van der Waals surface area contributed by atoms with Gasteiger partial charge in [-0.1, -0.05) is 6.07 Å². The molecule has 0 aliphatic heterocycles. The van der Waals surface area contributed by atoms with Crippen molar-refractivity contribution < 1.29 is 18.0 Å². The molecular formula is C20H14F3N3O2. The molecule has 0 atom stereocenters. The van der Waals surface area contributed by atoms with E-state index in [1.807, 2.05) is 0 Å². The highest BCUT2D eigenvalue weighted by atomic mass is 19.2. The number of nitrogens with one attached hydrogen (secondary N) is 2. The molecule has 0 aliphatic carbocycles. The maximum Gasteiger partial charge on any atom is 0.252 e. The fraction of sp³-hybridized carbons (Fsp3) is 0.150. The molecule has 0 saturated heterocycles. The van der Waals surface area contributed by atoms with Crippen LogP contribution < -0.4 is 10.9 Å². The summed E-state index contributed by atoms with van der Waals surface area (Å²) < 4.78 is 41.5. The highest BCUT2D eigenvalue weighted by Crippen LogP contribution is 2.23. The summed E-state index contributed by atoms with van der Waals surface area (Å²) in [6.07, 6.45) is -0.384. The van der Waals surface area contributed by atoms with Gasteiger partial charge in [0, 0.05) is 23.1 Å². The lowest BCUT2D eigenvalue weighted by atomic mass is 10.0. The highest BCUT2D eigenvalue weighted by Gasteiger charge is 2.17. The van der Waals surface area contributed by atoms with E-state index in [1.54, 1.807) is 6.07 Å². The van der Waals surface area contributed by atoms with E-state index >= 15 is 0 Å². The van der Waals surface area contributed by atoms with E-state index in [-0.39, 0.29) is 46.1 Å². The van der Waals surface area contributed by atoms with Gasteiger partial charge in [0.2, 0.25) is 5.91 Å². The summed E-state index contributed by atoms with van der Waals surface area (Å²) in [4.78, 5) is 26.9. The number of rotatable bonds is 4. The van der Waals surface area contributed by atoms with Crippen molar-refractivity contribution in [3.63, 3.8) is 0 Å². The molecule has 1 amide bonds. The van der Waals surface area contributed by atoms with Crippen LogP contribution in [0.5, 0.6) is 0 Å². The number of aryl methyl sites for hydroxylation is 1. The largest absolute Gasteiger partial charge is 0.352 e. The number of nitriles is 1. The van der Waals surface area contributed by atoms with E-state index in [1.165, 1.54) is 25.1 Å². The number of benzene rings is 2. The molecule has 1 heterocycles. The van der Waals surface area contributed by atoms with Gasteiger partial charge >= 0.3 is 0 Å². The standard InChI is InChI=1S/C20H14F3N3O2/c1-10-13(20(28)26-16-5-4-14(21)19(23)18(10)16)7-17(27)25-9-12-3-2-11(8-24)6-15(12)22/h2-6H,7,9H2,1H3,(H,25,27)(H,26,28). The summed E-state index contributed by atoms with van der Waals surface area (Å²) in [6.45, 7) is 1.28. The van der Waals surface area contributed by atoms with E-state index in [0.29, 0.717) is 0 Å². The molecule has 8 heteroatoms. The molecule has 3 aromatic rings. The van der Waals surface area contributed by atoms with Crippen LogP contribution in [-0.4, -0.2) is 10.9 Å². The van der Waals surface area contributed by atoms with Gasteiger partial charge in [-0.3, -0.25) is 9.59 Å². The smallest absolute Gasteiger partial charge is 0.252 e. The molecule has 2 N–H and O–H groups in total. The van der Waals surface area contributed by atoms with Crippen molar-refractivity contribution in [2.45, 2.75) is 19.9 Å². The van der Waals surface area contributed by atoms with Gasteiger partial charge < -0.3 is 10.3 Å². The first-order chi connectivity index (χ1) is 13.3. The van der Waals surface area contributed by atoms with E-state index in [4.69, 9.17) is 5.26 Å². The lowest BCUT2D eigenvalue weighted by molar-refractivity contribution is -0.120. The maximum absolute atomic E-state index is 14.1. The Balaban J connectivity index is 1.83. The van der Waals surface area contributed by atoms with Gasteiger partial charge in [0.25, 0.3) is 5.56 Å². The molecule has 28 heavy (non-hydrogen) atoms. The number of carbonyl (C=O) groups excluding carboxylic acids is 1. The van der Waals surface area contributed by atoms with Crippen LogP contribution in [-0.2, 0) is 17.8 Å². The quantitative estimate of drug-likeness (QED) is 0.724. The lowest BCUT2D eigenvalue weighted by Gasteiger charge is -2.11. The molecule has 1 aromatic heterocycles. The Labute approximate surface area is 157 Å². The summed E-state index contributed by atoms with van der Waals surface area (Å²) in [5, 5.41) is 11.1. The van der Waals surface area contributed by atoms with Crippen LogP contribution in [0, 0.1) is 35.7 Å². The number of pyridine rings is 1. The third-order valence-corrected chi connectivity index (χ3v) is 4.44. The predicted molar refractivity (Wildman–Crippen MR) is 95.9 cm³/mol. The minimum Gasteiger partial charge on any atom is -0.352 e. The maximum atomic E-state index is 14.1. The summed E-state index contributed by atoms with van der Waals surface area (Å²) in [5.74, 6) is -3.40. The van der Waals surface area contributed by atoms with Crippen LogP contribution in [0.1, 0.15) is 22.3 Å². The number of halogens is 3. The fourth-order valence-electron chi connectivity index (χ4n) is 2.93. The number of hydrogen-bond acceptors (Lipinski definition) is 3. The Bertz CT molecular complexity index is 1200. The zero-order valence-corrected chi connectivity index (χ0v) is 14.7. The van der Waals surface area contributed by atoms with Crippen LogP contribution in [0.25, 0.3) is 10.9 Å². The predicted octanol–water partition coefficient (Wildman–Crippen LogP) is 2.98. The molecule has 0 fully saturated rings. The Morgan fingerprint density at radius 1 is 1.18 bits per heavy atom. The van der Waals surface area contributed by atoms with Crippen molar-refractivity contribution in [3.05, 3.63) is 80.4 Å². The minimum absolute atomic E-state index is 0.00481. The second-order valence-corrected chi connectivity index (χ2v) is 6.21. The van der Waals surface area contributed by atoms with Gasteiger partial charge in [0.05, 0.1) is 23.6 Å². The topological polar surface area (TPSA) is 85.8 Å². The van der Waals surface area contributed by atoms with Crippen molar-refractivity contribution in [1.29, 1.82) is 5.26 Å². The van der Waals surface area contributed by atoms with Crippen LogP contribution in [0.4, 0.5) is 13.2 Å². The Morgan fingerprint density at radius 2 is 1.93 bits per heavy atom. The van der Waals surface area contributed by atoms with E-state index < -0.39 is 28.9 Å². The molecule has 142 valence electrons. The molecule has 0 aliphatic rings. The summed E-state index contributed by atoms with van der Waals surface area (Å²) >= 11 is 0. The molecule has 0 spiro atoms. The van der Waals surface area contributed by atoms with Crippen LogP contribution >= 0.6 is 0 Å². The fourth-order valence-corrected chi connectivity index (χ4v) is 2.93. The van der Waals surface area contributed by atoms with Crippen molar-refractivity contribution in [3.8, 4) is 6.07 Å². The van der Waals surface area contributed by atoms with Gasteiger partial charge in [0.1, 0.15) is 5.82 Å². The van der Waals surface area contributed by atoms with Crippen LogP contribution in [0.3, 0.4) is 0 Å². The number of fused-ring (bicyclic) bond motifs is 1. The molecule has 3 rings (SSSR count). The second kappa shape index (κ2) is 7.56. The van der Waals surface area contributed by atoms with Gasteiger partial charge in [0.15, 0.2) is 11.6 Å². The summed E-state index contributed by atoms with van der Waals surface area (Å²) in [5.41, 5.74) is 0.0240. The summed E-state index contributed by atoms with van der Waals surface area (Å²) in [7, 11) is 0. The van der Waals surface area contributed by atoms with E-state index in [2.05, 4.69) is 10.3 Å². The van der Waals surface area contributed by atoms with Crippen molar-refractivity contribution in [1.82, 2.24) is 10.3 Å². The molecule has 0 unspecified atom stereocenters. The lowest BCUT2D eigenvalue weighted by Crippen LogP contribution is -2.28. The zero-order valence-electron chi connectivity index (χ0n) is 14.7. The first-order valence-electron chi connectivity index (χ1n) is 8.26. The number of hydrogen-bond donors (Lipinski definition) is 2. The van der Waals surface area contributed by atoms with Gasteiger partial charge in [-0.05, 0) is 36.8 Å². The van der Waals surface area contributed by atoms with Crippen LogP contribution in [0.2, 0.25) is 0 Å². The van der Waals surface area contributed by atoms with Gasteiger partial charge in [-0.2, -0.15) is 5.26 Å². The third-order valence-electron chi connectivity index (χ3n) is 4.44. The number of nitrogens with zero attached hydrogens (tertiary/aromatic N) is 1. The van der Waals surface area contributed by atoms with E-state index in [0.717, 1.165) is 12.1 Å². The molecule has 0 saturated carbocycles. The second-order valence-electron chi connectivity index (χ2n) is 6.21. The SMILES string of the molecule is Cc1c(CC(=O)NCc2ccc(C#N)cc2F)c(=O)[nH]c2ccc(F)c(F)c12. The molecule has 5 nitrogen and oxygen atoms in total. The molecular weight excluding hydrogens is 371 g/mol.